The van der Waals surface area contributed by atoms with Crippen molar-refractivity contribution in [3.63, 3.8) is 0 Å². The van der Waals surface area contributed by atoms with Crippen molar-refractivity contribution >= 4 is 29.9 Å². The lowest BCUT2D eigenvalue weighted by Gasteiger charge is -2.41. The van der Waals surface area contributed by atoms with Gasteiger partial charge in [0.2, 0.25) is 0 Å². The van der Waals surface area contributed by atoms with Crippen molar-refractivity contribution in [2.75, 3.05) is 26.7 Å². The number of nitrogens with zero attached hydrogens (tertiary/aromatic N) is 3. The monoisotopic (exact) mass is 537 g/mol. The molecule has 1 aromatic heterocycles. The van der Waals surface area contributed by atoms with Gasteiger partial charge in [0, 0.05) is 31.9 Å². The van der Waals surface area contributed by atoms with Crippen LogP contribution in [0.15, 0.2) is 53.7 Å². The Hall–Kier alpha value is -1.87. The van der Waals surface area contributed by atoms with E-state index in [1.807, 2.05) is 37.4 Å². The number of aromatic nitrogens is 1. The molecule has 2 N–H and O–H groups in total. The molecule has 0 unspecified atom stereocenters. The van der Waals surface area contributed by atoms with Crippen molar-refractivity contribution in [1.82, 2.24) is 20.5 Å². The molecule has 7 heteroatoms. The predicted molar refractivity (Wildman–Crippen MR) is 138 cm³/mol. The Bertz CT molecular complexity index is 789. The Kier molecular flexibility index (Phi) is 10.5. The number of hydrogen-bond acceptors (Lipinski definition) is 4. The van der Waals surface area contributed by atoms with Crippen molar-refractivity contribution in [2.24, 2.45) is 4.99 Å². The van der Waals surface area contributed by atoms with Gasteiger partial charge in [-0.15, -0.1) is 24.0 Å². The Labute approximate surface area is 203 Å². The molecule has 0 bridgehead atoms. The highest BCUT2D eigenvalue weighted by molar-refractivity contribution is 14.0. The molecule has 2 heterocycles. The average molecular weight is 537 g/mol. The first-order valence-corrected chi connectivity index (χ1v) is 10.9. The van der Waals surface area contributed by atoms with Crippen molar-refractivity contribution in [1.29, 1.82) is 0 Å². The van der Waals surface area contributed by atoms with E-state index in [9.17, 15) is 0 Å². The van der Waals surface area contributed by atoms with Gasteiger partial charge in [0.1, 0.15) is 12.4 Å². The van der Waals surface area contributed by atoms with Crippen LogP contribution in [0.5, 0.6) is 5.75 Å². The molecule has 1 fully saturated rings. The van der Waals surface area contributed by atoms with E-state index in [-0.39, 0.29) is 29.5 Å². The molecule has 0 saturated carbocycles. The van der Waals surface area contributed by atoms with Crippen molar-refractivity contribution < 1.29 is 4.74 Å². The SMILES string of the molecule is CN=C(NCc1ccc(OCc2ccccn2)cc1)NCC(C)(C)N1CCCCC1.I. The number of hydrogen-bond donors (Lipinski definition) is 2. The lowest BCUT2D eigenvalue weighted by molar-refractivity contribution is 0.0982. The van der Waals surface area contributed by atoms with Gasteiger partial charge in [-0.2, -0.15) is 0 Å². The lowest BCUT2D eigenvalue weighted by Crippen LogP contribution is -2.54. The first kappa shape index (κ1) is 25.4. The van der Waals surface area contributed by atoms with E-state index >= 15 is 0 Å². The second kappa shape index (κ2) is 12.9. The molecule has 3 rings (SSSR count). The second-order valence-electron chi connectivity index (χ2n) is 8.39. The Morgan fingerprint density at radius 1 is 1.06 bits per heavy atom. The maximum atomic E-state index is 5.80. The first-order valence-electron chi connectivity index (χ1n) is 10.9. The smallest absolute Gasteiger partial charge is 0.191 e. The van der Waals surface area contributed by atoms with Crippen molar-refractivity contribution in [3.05, 3.63) is 59.9 Å². The molecule has 6 nitrogen and oxygen atoms in total. The normalized spacial score (nSPS) is 15.1. The summed E-state index contributed by atoms with van der Waals surface area (Å²) in [4.78, 5) is 11.2. The van der Waals surface area contributed by atoms with Crippen LogP contribution in [0.3, 0.4) is 0 Å². The molecule has 0 amide bonds. The molecular formula is C24H36IN5O. The second-order valence-corrected chi connectivity index (χ2v) is 8.39. The van der Waals surface area contributed by atoms with Gasteiger partial charge in [-0.3, -0.25) is 14.9 Å². The number of pyridine rings is 1. The standard InChI is InChI=1S/C24H35N5O.HI/c1-24(2,29-15-7-4-8-16-29)19-28-23(25-3)27-17-20-10-12-22(13-11-20)30-18-21-9-5-6-14-26-21;/h5-6,9-14H,4,7-8,15-19H2,1-3H3,(H2,25,27,28);1H. The molecular weight excluding hydrogens is 501 g/mol. The maximum absolute atomic E-state index is 5.80. The van der Waals surface area contributed by atoms with Crippen molar-refractivity contribution in [2.45, 2.75) is 51.8 Å². The minimum absolute atomic E-state index is 0. The van der Waals surface area contributed by atoms with Crippen LogP contribution >= 0.6 is 24.0 Å². The summed E-state index contributed by atoms with van der Waals surface area (Å²) in [5.41, 5.74) is 2.22. The summed E-state index contributed by atoms with van der Waals surface area (Å²) in [6, 6.07) is 14.0. The van der Waals surface area contributed by atoms with Gasteiger partial charge in [0.25, 0.3) is 0 Å². The number of aliphatic imine (C=N–C) groups is 1. The summed E-state index contributed by atoms with van der Waals surface area (Å²) in [5.74, 6) is 1.67. The molecule has 0 radical (unpaired) electrons. The summed E-state index contributed by atoms with van der Waals surface area (Å²) in [6.07, 6.45) is 5.74. The van der Waals surface area contributed by atoms with E-state index in [1.165, 1.54) is 37.9 Å². The third-order valence-corrected chi connectivity index (χ3v) is 5.62. The minimum Gasteiger partial charge on any atom is -0.487 e. The van der Waals surface area contributed by atoms with Crippen LogP contribution in [0, 0.1) is 0 Å². The van der Waals surface area contributed by atoms with Crippen LogP contribution in [0.1, 0.15) is 44.4 Å². The summed E-state index contributed by atoms with van der Waals surface area (Å²) in [6.45, 7) is 9.05. The quantitative estimate of drug-likeness (QED) is 0.300. The van der Waals surface area contributed by atoms with Gasteiger partial charge in [0.15, 0.2) is 5.96 Å². The van der Waals surface area contributed by atoms with Gasteiger partial charge in [-0.1, -0.05) is 24.6 Å². The van der Waals surface area contributed by atoms with E-state index in [0.717, 1.165) is 23.9 Å². The zero-order valence-electron chi connectivity index (χ0n) is 18.9. The van der Waals surface area contributed by atoms with Crippen LogP contribution in [-0.4, -0.2) is 48.1 Å². The molecule has 0 atom stereocenters. The van der Waals surface area contributed by atoms with Gasteiger partial charge in [-0.25, -0.2) is 0 Å². The van der Waals surface area contributed by atoms with Gasteiger partial charge >= 0.3 is 0 Å². The number of nitrogens with one attached hydrogen (secondary N) is 2. The minimum atomic E-state index is 0. The number of ether oxygens (including phenoxy) is 1. The fourth-order valence-electron chi connectivity index (χ4n) is 3.66. The Morgan fingerprint density at radius 3 is 2.45 bits per heavy atom. The predicted octanol–water partition coefficient (Wildman–Crippen LogP) is 4.21. The van der Waals surface area contributed by atoms with Crippen LogP contribution in [-0.2, 0) is 13.2 Å². The zero-order chi connectivity index (χ0) is 21.2. The molecule has 0 spiro atoms. The van der Waals surface area contributed by atoms with Crippen LogP contribution < -0.4 is 15.4 Å². The zero-order valence-corrected chi connectivity index (χ0v) is 21.3. The third-order valence-electron chi connectivity index (χ3n) is 5.62. The highest BCUT2D eigenvalue weighted by atomic mass is 127. The molecule has 1 aliphatic rings. The molecule has 0 aliphatic carbocycles. The number of halogens is 1. The Morgan fingerprint density at radius 2 is 1.81 bits per heavy atom. The van der Waals surface area contributed by atoms with Gasteiger partial charge < -0.3 is 15.4 Å². The number of benzene rings is 1. The average Bonchev–Trinajstić information content (AvgIpc) is 2.80. The molecule has 1 aromatic carbocycles. The largest absolute Gasteiger partial charge is 0.487 e. The number of guanidine groups is 1. The lowest BCUT2D eigenvalue weighted by atomic mass is 9.98. The highest BCUT2D eigenvalue weighted by Crippen LogP contribution is 2.19. The molecule has 31 heavy (non-hydrogen) atoms. The maximum Gasteiger partial charge on any atom is 0.191 e. The van der Waals surface area contributed by atoms with E-state index in [0.29, 0.717) is 13.2 Å². The number of rotatable bonds is 8. The van der Waals surface area contributed by atoms with Crippen LogP contribution in [0.25, 0.3) is 0 Å². The third kappa shape index (κ3) is 8.29. The molecule has 2 aromatic rings. The number of likely N-dealkylation sites (tertiary alicyclic amines) is 1. The summed E-state index contributed by atoms with van der Waals surface area (Å²) >= 11 is 0. The van der Waals surface area contributed by atoms with E-state index in [4.69, 9.17) is 4.74 Å². The Balaban J connectivity index is 0.00000341. The molecule has 1 aliphatic heterocycles. The van der Waals surface area contributed by atoms with E-state index in [1.54, 1.807) is 6.20 Å². The van der Waals surface area contributed by atoms with E-state index < -0.39 is 0 Å². The summed E-state index contributed by atoms with van der Waals surface area (Å²) in [5, 5.41) is 6.90. The molecule has 1 saturated heterocycles. The van der Waals surface area contributed by atoms with Gasteiger partial charge in [-0.05, 0) is 69.6 Å². The fraction of sp³-hybridized carbons (Fsp3) is 0.500. The van der Waals surface area contributed by atoms with Crippen LogP contribution in [0.4, 0.5) is 0 Å². The topological polar surface area (TPSA) is 61.8 Å². The summed E-state index contributed by atoms with van der Waals surface area (Å²) < 4.78 is 5.80. The first-order chi connectivity index (χ1) is 14.6. The molecule has 170 valence electrons. The van der Waals surface area contributed by atoms with Crippen molar-refractivity contribution in [3.8, 4) is 5.75 Å². The van der Waals surface area contributed by atoms with Gasteiger partial charge in [0.05, 0.1) is 5.69 Å². The number of piperidine rings is 1. The van der Waals surface area contributed by atoms with Crippen LogP contribution in [0.2, 0.25) is 0 Å². The fourth-order valence-corrected chi connectivity index (χ4v) is 3.66. The highest BCUT2D eigenvalue weighted by Gasteiger charge is 2.27. The van der Waals surface area contributed by atoms with E-state index in [2.05, 4.69) is 51.5 Å². The summed E-state index contributed by atoms with van der Waals surface area (Å²) in [7, 11) is 1.82.